The van der Waals surface area contributed by atoms with Gasteiger partial charge in [-0.2, -0.15) is 0 Å². The molecule has 1 saturated carbocycles. The molecule has 24 heavy (non-hydrogen) atoms. The number of rotatable bonds is 5. The molecule has 132 valence electrons. The summed E-state index contributed by atoms with van der Waals surface area (Å²) in [6.07, 6.45) is 2.76. The minimum atomic E-state index is -3.44. The summed E-state index contributed by atoms with van der Waals surface area (Å²) in [5.74, 6) is -0.402. The van der Waals surface area contributed by atoms with Crippen molar-refractivity contribution >= 4 is 15.9 Å². The fraction of sp³-hybridized carbons (Fsp3) is 0.615. The molecule has 1 aliphatic heterocycles. The van der Waals surface area contributed by atoms with Gasteiger partial charge in [-0.1, -0.05) is 0 Å². The van der Waals surface area contributed by atoms with Gasteiger partial charge in [-0.15, -0.1) is 0 Å². The van der Waals surface area contributed by atoms with Crippen LogP contribution in [0.25, 0.3) is 0 Å². The van der Waals surface area contributed by atoms with Gasteiger partial charge in [-0.05, 0) is 6.42 Å². The third-order valence-corrected chi connectivity index (χ3v) is 4.97. The highest BCUT2D eigenvalue weighted by atomic mass is 32.2. The second kappa shape index (κ2) is 6.15. The lowest BCUT2D eigenvalue weighted by Gasteiger charge is -2.47. The highest BCUT2D eigenvalue weighted by molar-refractivity contribution is 7.88. The maximum absolute atomic E-state index is 12.2. The Bertz CT molecular complexity index is 860. The van der Waals surface area contributed by atoms with Gasteiger partial charge in [-0.3, -0.25) is 19.1 Å². The predicted octanol–water partition coefficient (Wildman–Crippen LogP) is -2.64. The molecule has 1 saturated heterocycles. The maximum atomic E-state index is 12.2. The first kappa shape index (κ1) is 16.9. The predicted molar refractivity (Wildman–Crippen MR) is 82.9 cm³/mol. The molecule has 0 radical (unpaired) electrons. The first-order chi connectivity index (χ1) is 11.2. The van der Waals surface area contributed by atoms with Gasteiger partial charge in [0, 0.05) is 24.8 Å². The standard InChI is InChI=1S/C13H18N4O6S/c1-24(21,22)16-11-10(7-3-5-23-12(7)11)14-9(19)6-17-4-2-8(18)15-13(17)20/h2,4,7,10-12,16H,3,5-6H2,1H3,(H,14,19)(H,15,18,20)/t7-,10+,11-,12-/m0/s1. The van der Waals surface area contributed by atoms with E-state index in [0.29, 0.717) is 6.61 Å². The molecular weight excluding hydrogens is 340 g/mol. The van der Waals surface area contributed by atoms with Gasteiger partial charge in [-0.25, -0.2) is 17.9 Å². The smallest absolute Gasteiger partial charge is 0.328 e. The highest BCUT2D eigenvalue weighted by Crippen LogP contribution is 2.39. The van der Waals surface area contributed by atoms with Gasteiger partial charge in [0.2, 0.25) is 15.9 Å². The Morgan fingerprint density at radius 2 is 2.17 bits per heavy atom. The van der Waals surface area contributed by atoms with Crippen LogP contribution in [0.3, 0.4) is 0 Å². The van der Waals surface area contributed by atoms with E-state index in [1.165, 1.54) is 6.20 Å². The molecule has 0 aromatic carbocycles. The first-order valence-corrected chi connectivity index (χ1v) is 9.32. The molecule has 2 fully saturated rings. The van der Waals surface area contributed by atoms with Crippen molar-refractivity contribution in [3.63, 3.8) is 0 Å². The molecule has 1 aromatic heterocycles. The number of aromatic nitrogens is 2. The molecule has 4 atom stereocenters. The highest BCUT2D eigenvalue weighted by Gasteiger charge is 2.55. The van der Waals surface area contributed by atoms with Crippen LogP contribution in [0.4, 0.5) is 0 Å². The number of H-pyrrole nitrogens is 1. The van der Waals surface area contributed by atoms with Crippen molar-refractivity contribution in [3.8, 4) is 0 Å². The SMILES string of the molecule is CS(=O)(=O)N[C@H]1[C@H](NC(=O)Cn2ccc(=O)[nH]c2=O)[C@@H]2CCO[C@@H]21. The summed E-state index contributed by atoms with van der Waals surface area (Å²) in [6.45, 7) is 0.249. The van der Waals surface area contributed by atoms with Crippen LogP contribution in [0.1, 0.15) is 6.42 Å². The minimum Gasteiger partial charge on any atom is -0.376 e. The van der Waals surface area contributed by atoms with Crippen molar-refractivity contribution in [2.45, 2.75) is 31.2 Å². The number of hydrogen-bond acceptors (Lipinski definition) is 6. The van der Waals surface area contributed by atoms with Crippen LogP contribution >= 0.6 is 0 Å². The van der Waals surface area contributed by atoms with Gasteiger partial charge in [0.05, 0.1) is 24.4 Å². The van der Waals surface area contributed by atoms with Gasteiger partial charge < -0.3 is 10.1 Å². The number of aromatic amines is 1. The third-order valence-electron chi connectivity index (χ3n) is 4.27. The van der Waals surface area contributed by atoms with Gasteiger partial charge in [0.1, 0.15) is 6.54 Å². The zero-order valence-electron chi connectivity index (χ0n) is 12.9. The largest absolute Gasteiger partial charge is 0.376 e. The lowest BCUT2D eigenvalue weighted by Crippen LogP contribution is -2.71. The summed E-state index contributed by atoms with van der Waals surface area (Å²) in [4.78, 5) is 36.8. The van der Waals surface area contributed by atoms with E-state index in [1.54, 1.807) is 0 Å². The average molecular weight is 358 g/mol. The second-order valence-electron chi connectivity index (χ2n) is 6.04. The molecular formula is C13H18N4O6S. The van der Waals surface area contributed by atoms with Crippen molar-refractivity contribution in [2.75, 3.05) is 12.9 Å². The third kappa shape index (κ3) is 3.42. The van der Waals surface area contributed by atoms with Crippen molar-refractivity contribution in [2.24, 2.45) is 5.92 Å². The number of carbonyl (C=O) groups is 1. The summed E-state index contributed by atoms with van der Waals surface area (Å²) in [5, 5.41) is 2.75. The molecule has 1 aromatic rings. The second-order valence-corrected chi connectivity index (χ2v) is 7.82. The Labute approximate surface area is 137 Å². The Balaban J connectivity index is 1.68. The normalized spacial score (nSPS) is 28.9. The number of hydrogen-bond donors (Lipinski definition) is 3. The Kier molecular flexibility index (Phi) is 4.32. The Hall–Kier alpha value is -1.98. The minimum absolute atomic E-state index is 0.0421. The van der Waals surface area contributed by atoms with Gasteiger partial charge in [0.15, 0.2) is 0 Å². The van der Waals surface area contributed by atoms with Crippen LogP contribution < -0.4 is 21.3 Å². The number of nitrogens with one attached hydrogen (secondary N) is 3. The molecule has 1 aliphatic carbocycles. The molecule has 10 nitrogen and oxygen atoms in total. The van der Waals surface area contributed by atoms with E-state index in [1.807, 2.05) is 0 Å². The van der Waals surface area contributed by atoms with Crippen LogP contribution in [0.5, 0.6) is 0 Å². The summed E-state index contributed by atoms with van der Waals surface area (Å²) in [5.41, 5.74) is -1.22. The summed E-state index contributed by atoms with van der Waals surface area (Å²) in [7, 11) is -3.44. The number of nitrogens with zero attached hydrogens (tertiary/aromatic N) is 1. The lowest BCUT2D eigenvalue weighted by molar-refractivity contribution is -0.125. The zero-order valence-corrected chi connectivity index (χ0v) is 13.7. The van der Waals surface area contributed by atoms with Crippen LogP contribution in [0.15, 0.2) is 21.9 Å². The molecule has 0 bridgehead atoms. The summed E-state index contributed by atoms with van der Waals surface area (Å²) in [6, 6.07) is 0.231. The van der Waals surface area contributed by atoms with E-state index in [4.69, 9.17) is 4.74 Å². The van der Waals surface area contributed by atoms with Crippen molar-refractivity contribution < 1.29 is 17.9 Å². The number of ether oxygens (including phenoxy) is 1. The zero-order chi connectivity index (χ0) is 17.5. The van der Waals surface area contributed by atoms with Crippen LogP contribution in [0, 0.1) is 5.92 Å². The van der Waals surface area contributed by atoms with Gasteiger partial charge >= 0.3 is 5.69 Å². The maximum Gasteiger partial charge on any atom is 0.328 e. The van der Waals surface area contributed by atoms with Crippen LogP contribution in [-0.4, -0.2) is 54.9 Å². The molecule has 2 aliphatic rings. The number of sulfonamides is 1. The summed E-state index contributed by atoms with van der Waals surface area (Å²) < 4.78 is 32.0. The van der Waals surface area contributed by atoms with E-state index in [-0.39, 0.29) is 18.6 Å². The monoisotopic (exact) mass is 358 g/mol. The fourth-order valence-corrected chi connectivity index (χ4v) is 4.02. The van der Waals surface area contributed by atoms with Crippen molar-refractivity contribution in [3.05, 3.63) is 33.1 Å². The summed E-state index contributed by atoms with van der Waals surface area (Å²) >= 11 is 0. The van der Waals surface area contributed by atoms with E-state index in [0.717, 1.165) is 23.3 Å². The van der Waals surface area contributed by atoms with Crippen LogP contribution in [-0.2, 0) is 26.1 Å². The van der Waals surface area contributed by atoms with Crippen molar-refractivity contribution in [1.29, 1.82) is 0 Å². The van der Waals surface area contributed by atoms with E-state index >= 15 is 0 Å². The Morgan fingerprint density at radius 3 is 2.83 bits per heavy atom. The van der Waals surface area contributed by atoms with Crippen molar-refractivity contribution in [1.82, 2.24) is 19.6 Å². The molecule has 0 unspecified atom stereocenters. The molecule has 0 spiro atoms. The molecule has 3 rings (SSSR count). The van der Waals surface area contributed by atoms with E-state index in [9.17, 15) is 22.8 Å². The molecule has 3 N–H and O–H groups in total. The van der Waals surface area contributed by atoms with E-state index < -0.39 is 39.3 Å². The molecule has 2 heterocycles. The van der Waals surface area contributed by atoms with E-state index in [2.05, 4.69) is 15.0 Å². The first-order valence-electron chi connectivity index (χ1n) is 7.42. The Morgan fingerprint density at radius 1 is 1.42 bits per heavy atom. The average Bonchev–Trinajstić information content (AvgIpc) is 2.89. The number of amides is 1. The number of fused-ring (bicyclic) bond motifs is 1. The lowest BCUT2D eigenvalue weighted by atomic mass is 9.72. The quantitative estimate of drug-likeness (QED) is 0.526. The fourth-order valence-electron chi connectivity index (χ4n) is 3.25. The number of carbonyl (C=O) groups excluding carboxylic acids is 1. The molecule has 11 heteroatoms. The van der Waals surface area contributed by atoms with Crippen LogP contribution in [0.2, 0.25) is 0 Å². The molecule has 1 amide bonds. The topological polar surface area (TPSA) is 139 Å². The van der Waals surface area contributed by atoms with Gasteiger partial charge in [0.25, 0.3) is 5.56 Å².